The summed E-state index contributed by atoms with van der Waals surface area (Å²) < 4.78 is 10.8. The maximum absolute atomic E-state index is 12.0. The minimum absolute atomic E-state index is 0.192. The molecule has 0 spiro atoms. The van der Waals surface area contributed by atoms with E-state index in [2.05, 4.69) is 5.32 Å². The Morgan fingerprint density at radius 2 is 2.06 bits per heavy atom. The van der Waals surface area contributed by atoms with Crippen molar-refractivity contribution in [1.82, 2.24) is 5.32 Å². The van der Waals surface area contributed by atoms with Crippen molar-refractivity contribution in [2.75, 3.05) is 19.8 Å². The number of hydrogen-bond acceptors (Lipinski definition) is 4. The molecule has 98 valence electrons. The minimum atomic E-state index is -0.675. The standard InChI is InChI=1S/C13H23NO3/c1-3-17-12(15)13(2,14-11-6-7-11)9-16-8-10-4-5-10/h10-11,14H,3-9H2,1-2H3. The molecule has 1 N–H and O–H groups in total. The lowest BCUT2D eigenvalue weighted by atomic mass is 10.0. The van der Waals surface area contributed by atoms with Crippen molar-refractivity contribution in [2.24, 2.45) is 5.92 Å². The molecule has 0 radical (unpaired) electrons. The average Bonchev–Trinajstić information content (AvgIpc) is 3.12. The Morgan fingerprint density at radius 3 is 2.59 bits per heavy atom. The van der Waals surface area contributed by atoms with Crippen molar-refractivity contribution in [3.05, 3.63) is 0 Å². The van der Waals surface area contributed by atoms with E-state index in [0.29, 0.717) is 19.3 Å². The van der Waals surface area contributed by atoms with Crippen molar-refractivity contribution < 1.29 is 14.3 Å². The van der Waals surface area contributed by atoms with Gasteiger partial charge in [-0.2, -0.15) is 0 Å². The molecule has 0 aromatic carbocycles. The van der Waals surface area contributed by atoms with Gasteiger partial charge in [0.2, 0.25) is 0 Å². The summed E-state index contributed by atoms with van der Waals surface area (Å²) >= 11 is 0. The minimum Gasteiger partial charge on any atom is -0.465 e. The number of carbonyl (C=O) groups is 1. The number of hydrogen-bond donors (Lipinski definition) is 1. The summed E-state index contributed by atoms with van der Waals surface area (Å²) in [5.41, 5.74) is -0.675. The highest BCUT2D eigenvalue weighted by molar-refractivity contribution is 5.80. The van der Waals surface area contributed by atoms with Gasteiger partial charge in [-0.25, -0.2) is 4.79 Å². The van der Waals surface area contributed by atoms with Crippen LogP contribution in [0.5, 0.6) is 0 Å². The summed E-state index contributed by atoms with van der Waals surface area (Å²) in [6.45, 7) is 5.33. The monoisotopic (exact) mass is 241 g/mol. The highest BCUT2D eigenvalue weighted by Gasteiger charge is 2.40. The predicted octanol–water partition coefficient (Wildman–Crippen LogP) is 1.49. The van der Waals surface area contributed by atoms with Crippen LogP contribution in [0.4, 0.5) is 0 Å². The summed E-state index contributed by atoms with van der Waals surface area (Å²) in [6, 6.07) is 0.467. The van der Waals surface area contributed by atoms with Gasteiger partial charge in [0.25, 0.3) is 0 Å². The number of nitrogens with one attached hydrogen (secondary N) is 1. The maximum atomic E-state index is 12.0. The number of carbonyl (C=O) groups excluding carboxylic acids is 1. The molecule has 0 heterocycles. The third kappa shape index (κ3) is 3.96. The van der Waals surface area contributed by atoms with E-state index < -0.39 is 5.54 Å². The first-order valence-electron chi connectivity index (χ1n) is 6.66. The zero-order valence-electron chi connectivity index (χ0n) is 10.8. The number of ether oxygens (including phenoxy) is 2. The molecule has 2 aliphatic carbocycles. The molecule has 0 bridgehead atoms. The van der Waals surface area contributed by atoms with Gasteiger partial charge in [-0.1, -0.05) is 0 Å². The number of rotatable bonds is 8. The van der Waals surface area contributed by atoms with Crippen LogP contribution in [0.25, 0.3) is 0 Å². The van der Waals surface area contributed by atoms with Crippen molar-refractivity contribution >= 4 is 5.97 Å². The van der Waals surface area contributed by atoms with Gasteiger partial charge in [-0.15, -0.1) is 0 Å². The molecule has 2 fully saturated rings. The van der Waals surface area contributed by atoms with Crippen molar-refractivity contribution in [2.45, 2.75) is 51.1 Å². The lowest BCUT2D eigenvalue weighted by Gasteiger charge is -2.28. The van der Waals surface area contributed by atoms with Gasteiger partial charge in [0.1, 0.15) is 5.54 Å². The normalized spacial score (nSPS) is 23.2. The van der Waals surface area contributed by atoms with Crippen LogP contribution in [0.1, 0.15) is 39.5 Å². The first kappa shape index (κ1) is 12.8. The van der Waals surface area contributed by atoms with Crippen LogP contribution in [0.15, 0.2) is 0 Å². The highest BCUT2D eigenvalue weighted by atomic mass is 16.5. The van der Waals surface area contributed by atoms with Crippen LogP contribution < -0.4 is 5.32 Å². The topological polar surface area (TPSA) is 47.6 Å². The largest absolute Gasteiger partial charge is 0.465 e. The Balaban J connectivity index is 1.81. The van der Waals surface area contributed by atoms with E-state index in [-0.39, 0.29) is 5.97 Å². The first-order valence-corrected chi connectivity index (χ1v) is 6.66. The second kappa shape index (κ2) is 5.36. The SMILES string of the molecule is CCOC(=O)C(C)(COCC1CC1)NC1CC1. The van der Waals surface area contributed by atoms with Crippen LogP contribution in [0.3, 0.4) is 0 Å². The lowest BCUT2D eigenvalue weighted by Crippen LogP contribution is -2.55. The van der Waals surface area contributed by atoms with Gasteiger partial charge in [0, 0.05) is 12.6 Å². The summed E-state index contributed by atoms with van der Waals surface area (Å²) in [7, 11) is 0. The van der Waals surface area contributed by atoms with Gasteiger partial charge >= 0.3 is 5.97 Å². The fourth-order valence-corrected chi connectivity index (χ4v) is 1.84. The highest BCUT2D eigenvalue weighted by Crippen LogP contribution is 2.29. The Hall–Kier alpha value is -0.610. The molecule has 0 aromatic heterocycles. The molecule has 2 rings (SSSR count). The molecule has 1 unspecified atom stereocenters. The average molecular weight is 241 g/mol. The van der Waals surface area contributed by atoms with Gasteiger partial charge in [0.05, 0.1) is 13.2 Å². The molecule has 0 amide bonds. The second-order valence-corrected chi connectivity index (χ2v) is 5.43. The Morgan fingerprint density at radius 1 is 1.35 bits per heavy atom. The van der Waals surface area contributed by atoms with Crippen molar-refractivity contribution in [3.63, 3.8) is 0 Å². The summed E-state index contributed by atoms with van der Waals surface area (Å²) in [4.78, 5) is 12.0. The summed E-state index contributed by atoms with van der Waals surface area (Å²) in [5.74, 6) is 0.532. The van der Waals surface area contributed by atoms with Gasteiger partial charge < -0.3 is 9.47 Å². The Bertz CT molecular complexity index is 274. The summed E-state index contributed by atoms with van der Waals surface area (Å²) in [6.07, 6.45) is 4.84. The van der Waals surface area contributed by atoms with Gasteiger partial charge in [-0.05, 0) is 45.4 Å². The van der Waals surface area contributed by atoms with Crippen molar-refractivity contribution in [3.8, 4) is 0 Å². The second-order valence-electron chi connectivity index (χ2n) is 5.43. The van der Waals surface area contributed by atoms with Crippen LogP contribution in [0, 0.1) is 5.92 Å². The third-order valence-electron chi connectivity index (χ3n) is 3.27. The molecule has 17 heavy (non-hydrogen) atoms. The molecule has 1 atom stereocenters. The van der Waals surface area contributed by atoms with E-state index in [4.69, 9.17) is 9.47 Å². The predicted molar refractivity (Wildman–Crippen MR) is 64.7 cm³/mol. The molecular formula is C13H23NO3. The number of esters is 1. The first-order chi connectivity index (χ1) is 8.14. The van der Waals surface area contributed by atoms with E-state index in [0.717, 1.165) is 25.4 Å². The van der Waals surface area contributed by atoms with Crippen LogP contribution >= 0.6 is 0 Å². The molecule has 0 aromatic rings. The fourth-order valence-electron chi connectivity index (χ4n) is 1.84. The van der Waals surface area contributed by atoms with E-state index in [1.807, 2.05) is 13.8 Å². The zero-order valence-corrected chi connectivity index (χ0v) is 10.8. The van der Waals surface area contributed by atoms with E-state index in [1.165, 1.54) is 12.8 Å². The van der Waals surface area contributed by atoms with Crippen LogP contribution in [0.2, 0.25) is 0 Å². The maximum Gasteiger partial charge on any atom is 0.328 e. The fraction of sp³-hybridized carbons (Fsp3) is 0.923. The Kier molecular flexibility index (Phi) is 4.05. The van der Waals surface area contributed by atoms with Crippen LogP contribution in [-0.4, -0.2) is 37.4 Å². The van der Waals surface area contributed by atoms with E-state index in [1.54, 1.807) is 0 Å². The van der Waals surface area contributed by atoms with E-state index >= 15 is 0 Å². The smallest absolute Gasteiger partial charge is 0.328 e. The molecule has 0 aliphatic heterocycles. The molecule has 0 saturated heterocycles. The van der Waals surface area contributed by atoms with Gasteiger partial charge in [-0.3, -0.25) is 5.32 Å². The molecule has 2 aliphatic rings. The molecular weight excluding hydrogens is 218 g/mol. The summed E-state index contributed by atoms with van der Waals surface area (Å²) in [5, 5.41) is 3.35. The zero-order chi connectivity index (χ0) is 12.3. The van der Waals surface area contributed by atoms with E-state index in [9.17, 15) is 4.79 Å². The third-order valence-corrected chi connectivity index (χ3v) is 3.27. The Labute approximate surface area is 103 Å². The molecule has 4 heteroatoms. The lowest BCUT2D eigenvalue weighted by molar-refractivity contribution is -0.153. The molecule has 4 nitrogen and oxygen atoms in total. The van der Waals surface area contributed by atoms with Crippen LogP contribution in [-0.2, 0) is 14.3 Å². The molecule has 2 saturated carbocycles. The van der Waals surface area contributed by atoms with Gasteiger partial charge in [0.15, 0.2) is 0 Å². The van der Waals surface area contributed by atoms with Crippen molar-refractivity contribution in [1.29, 1.82) is 0 Å². The quantitative estimate of drug-likeness (QED) is 0.654.